The minimum atomic E-state index is -0.149. The van der Waals surface area contributed by atoms with E-state index in [2.05, 4.69) is 15.3 Å². The number of carbonyl (C=O) groups excluding carboxylic acids is 1. The summed E-state index contributed by atoms with van der Waals surface area (Å²) in [5.41, 5.74) is 2.83. The van der Waals surface area contributed by atoms with Crippen molar-refractivity contribution in [3.8, 4) is 22.8 Å². The van der Waals surface area contributed by atoms with Crippen molar-refractivity contribution in [2.75, 3.05) is 19.1 Å². The third-order valence-electron chi connectivity index (χ3n) is 4.17. The molecular weight excluding hydrogens is 410 g/mol. The molecule has 0 saturated heterocycles. The van der Waals surface area contributed by atoms with Crippen LogP contribution in [0, 0.1) is 0 Å². The summed E-state index contributed by atoms with van der Waals surface area (Å²) in [5, 5.41) is 4.37. The van der Waals surface area contributed by atoms with Crippen molar-refractivity contribution in [1.82, 2.24) is 15.3 Å². The molecule has 2 heterocycles. The van der Waals surface area contributed by atoms with Crippen LogP contribution in [0.3, 0.4) is 0 Å². The third-order valence-corrected chi connectivity index (χ3v) is 5.31. The van der Waals surface area contributed by atoms with Crippen LogP contribution in [-0.4, -0.2) is 35.0 Å². The second-order valence-electron chi connectivity index (χ2n) is 6.19. The van der Waals surface area contributed by atoms with Gasteiger partial charge in [0.2, 0.25) is 12.7 Å². The van der Waals surface area contributed by atoms with Gasteiger partial charge >= 0.3 is 0 Å². The Morgan fingerprint density at radius 1 is 1.21 bits per heavy atom. The number of benzene rings is 2. The van der Waals surface area contributed by atoms with Crippen molar-refractivity contribution in [3.05, 3.63) is 65.3 Å². The van der Waals surface area contributed by atoms with Crippen LogP contribution in [0.25, 0.3) is 17.3 Å². The predicted octanol–water partition coefficient (Wildman–Crippen LogP) is 4.38. The molecule has 4 rings (SSSR count). The van der Waals surface area contributed by atoms with Crippen molar-refractivity contribution < 1.29 is 14.3 Å². The van der Waals surface area contributed by atoms with Gasteiger partial charge in [0.1, 0.15) is 0 Å². The number of fused-ring (bicyclic) bond motifs is 1. The highest BCUT2D eigenvalue weighted by Gasteiger charge is 2.12. The van der Waals surface area contributed by atoms with Crippen molar-refractivity contribution in [3.63, 3.8) is 0 Å². The molecule has 1 aromatic heterocycles. The van der Waals surface area contributed by atoms with E-state index < -0.39 is 0 Å². The molecule has 0 radical (unpaired) electrons. The lowest BCUT2D eigenvalue weighted by atomic mass is 10.2. The molecule has 0 aliphatic carbocycles. The molecule has 0 bridgehead atoms. The van der Waals surface area contributed by atoms with Gasteiger partial charge in [0, 0.05) is 23.4 Å². The summed E-state index contributed by atoms with van der Waals surface area (Å²) in [6.45, 7) is 0.767. The molecule has 8 heteroatoms. The molecule has 29 heavy (non-hydrogen) atoms. The molecule has 1 aliphatic rings. The first-order valence-corrected chi connectivity index (χ1v) is 10.3. The molecule has 6 nitrogen and oxygen atoms in total. The number of imidazole rings is 1. The number of hydrogen-bond donors (Lipinski definition) is 2. The summed E-state index contributed by atoms with van der Waals surface area (Å²) < 4.78 is 10.6. The van der Waals surface area contributed by atoms with Crippen molar-refractivity contribution in [2.24, 2.45) is 0 Å². The largest absolute Gasteiger partial charge is 0.454 e. The molecule has 2 N–H and O–H groups in total. The van der Waals surface area contributed by atoms with Gasteiger partial charge in [0.15, 0.2) is 16.7 Å². The summed E-state index contributed by atoms with van der Waals surface area (Å²) in [4.78, 5) is 19.6. The average Bonchev–Trinajstić information content (AvgIpc) is 3.39. The van der Waals surface area contributed by atoms with Crippen molar-refractivity contribution >= 4 is 35.3 Å². The van der Waals surface area contributed by atoms with E-state index in [4.69, 9.17) is 21.1 Å². The van der Waals surface area contributed by atoms with Crippen LogP contribution in [-0.2, 0) is 4.79 Å². The Morgan fingerprint density at radius 3 is 2.90 bits per heavy atom. The van der Waals surface area contributed by atoms with Gasteiger partial charge in [0.05, 0.1) is 11.9 Å². The number of H-pyrrole nitrogens is 1. The van der Waals surface area contributed by atoms with Crippen LogP contribution in [0.5, 0.6) is 11.5 Å². The normalized spacial score (nSPS) is 12.4. The first-order valence-electron chi connectivity index (χ1n) is 8.97. The lowest BCUT2D eigenvalue weighted by Crippen LogP contribution is -2.23. The van der Waals surface area contributed by atoms with Crippen molar-refractivity contribution in [2.45, 2.75) is 5.16 Å². The molecular formula is C21H18ClN3O3S. The monoisotopic (exact) mass is 427 g/mol. The third kappa shape index (κ3) is 5.13. The zero-order valence-corrected chi connectivity index (χ0v) is 16.9. The number of amides is 1. The number of thioether (sulfide) groups is 1. The van der Waals surface area contributed by atoms with Crippen LogP contribution in [0.4, 0.5) is 0 Å². The Hall–Kier alpha value is -2.90. The number of hydrogen-bond acceptors (Lipinski definition) is 5. The smallest absolute Gasteiger partial charge is 0.244 e. The minimum absolute atomic E-state index is 0.149. The summed E-state index contributed by atoms with van der Waals surface area (Å²) >= 11 is 7.46. The lowest BCUT2D eigenvalue weighted by molar-refractivity contribution is -0.116. The molecule has 3 aromatic rings. The highest BCUT2D eigenvalue weighted by Crippen LogP contribution is 2.32. The molecule has 2 aromatic carbocycles. The molecule has 1 amide bonds. The van der Waals surface area contributed by atoms with Crippen LogP contribution in [0.15, 0.2) is 59.9 Å². The zero-order valence-electron chi connectivity index (χ0n) is 15.4. The standard InChI is InChI=1S/C21H18ClN3O3S/c22-16-5-3-15(4-6-16)17-12-24-21(25-17)29-10-9-23-20(26)8-2-14-1-7-18-19(11-14)28-13-27-18/h1-8,11-12H,9-10,13H2,(H,23,26)(H,24,25)/b8-2+. The van der Waals surface area contributed by atoms with Gasteiger partial charge < -0.3 is 19.8 Å². The highest BCUT2D eigenvalue weighted by atomic mass is 35.5. The Morgan fingerprint density at radius 2 is 2.03 bits per heavy atom. The summed E-state index contributed by atoms with van der Waals surface area (Å²) in [7, 11) is 0. The number of rotatable bonds is 7. The number of ether oxygens (including phenoxy) is 2. The maximum absolute atomic E-state index is 12.0. The molecule has 1 aliphatic heterocycles. The van der Waals surface area contributed by atoms with E-state index in [9.17, 15) is 4.79 Å². The quantitative estimate of drug-likeness (QED) is 0.332. The molecule has 148 valence electrons. The van der Waals surface area contributed by atoms with E-state index in [-0.39, 0.29) is 12.7 Å². The van der Waals surface area contributed by atoms with Gasteiger partial charge in [-0.1, -0.05) is 41.6 Å². The maximum atomic E-state index is 12.0. The van der Waals surface area contributed by atoms with Gasteiger partial charge in [-0.2, -0.15) is 0 Å². The maximum Gasteiger partial charge on any atom is 0.244 e. The first-order chi connectivity index (χ1) is 14.2. The number of aromatic nitrogens is 2. The Kier molecular flexibility index (Phi) is 6.07. The second kappa shape index (κ2) is 9.07. The van der Waals surface area contributed by atoms with E-state index in [1.165, 1.54) is 6.08 Å². The number of nitrogens with one attached hydrogen (secondary N) is 2. The van der Waals surface area contributed by atoms with Crippen LogP contribution in [0.2, 0.25) is 5.02 Å². The molecule has 0 atom stereocenters. The van der Waals surface area contributed by atoms with Crippen LogP contribution in [0.1, 0.15) is 5.56 Å². The van der Waals surface area contributed by atoms with E-state index in [1.54, 1.807) is 24.0 Å². The fourth-order valence-corrected chi connectivity index (χ4v) is 3.55. The number of aromatic amines is 1. The Labute approximate surface area is 177 Å². The van der Waals surface area contributed by atoms with Gasteiger partial charge in [-0.25, -0.2) is 4.98 Å². The number of halogens is 1. The van der Waals surface area contributed by atoms with Crippen LogP contribution >= 0.6 is 23.4 Å². The highest BCUT2D eigenvalue weighted by molar-refractivity contribution is 7.99. The average molecular weight is 428 g/mol. The lowest BCUT2D eigenvalue weighted by Gasteiger charge is -2.01. The SMILES string of the molecule is O=C(/C=C/c1ccc2c(c1)OCO2)NCCSc1ncc(-c2ccc(Cl)cc2)[nH]1. The summed E-state index contributed by atoms with van der Waals surface area (Å²) in [6.07, 6.45) is 5.04. The first kappa shape index (κ1) is 19.4. The van der Waals surface area contributed by atoms with E-state index in [0.29, 0.717) is 23.1 Å². The van der Waals surface area contributed by atoms with Crippen molar-refractivity contribution in [1.29, 1.82) is 0 Å². The van der Waals surface area contributed by atoms with Gasteiger partial charge in [-0.3, -0.25) is 4.79 Å². The fraction of sp³-hybridized carbons (Fsp3) is 0.143. The molecule has 0 unspecified atom stereocenters. The summed E-state index contributed by atoms with van der Waals surface area (Å²) in [6, 6.07) is 13.1. The Balaban J connectivity index is 1.21. The topological polar surface area (TPSA) is 76.2 Å². The molecule has 0 saturated carbocycles. The fourth-order valence-electron chi connectivity index (χ4n) is 2.72. The van der Waals surface area contributed by atoms with E-state index in [0.717, 1.165) is 27.7 Å². The number of nitrogens with zero attached hydrogens (tertiary/aromatic N) is 1. The predicted molar refractivity (Wildman–Crippen MR) is 114 cm³/mol. The molecule has 0 fully saturated rings. The minimum Gasteiger partial charge on any atom is -0.454 e. The van der Waals surface area contributed by atoms with Gasteiger partial charge in [-0.15, -0.1) is 0 Å². The van der Waals surface area contributed by atoms with E-state index in [1.807, 2.05) is 42.5 Å². The van der Waals surface area contributed by atoms with Gasteiger partial charge in [-0.05, 0) is 41.5 Å². The summed E-state index contributed by atoms with van der Waals surface area (Å²) in [5.74, 6) is 1.97. The molecule has 0 spiro atoms. The van der Waals surface area contributed by atoms with E-state index >= 15 is 0 Å². The van der Waals surface area contributed by atoms with Gasteiger partial charge in [0.25, 0.3) is 0 Å². The number of carbonyl (C=O) groups is 1. The van der Waals surface area contributed by atoms with Crippen LogP contribution < -0.4 is 14.8 Å². The zero-order chi connectivity index (χ0) is 20.1. The Bertz CT molecular complexity index is 1030. The second-order valence-corrected chi connectivity index (χ2v) is 7.71.